The smallest absolute Gasteiger partial charge is 0.210 e. The van der Waals surface area contributed by atoms with Crippen molar-refractivity contribution in [1.82, 2.24) is 0 Å². The average Bonchev–Trinajstić information content (AvgIpc) is 2.34. The number of hydrogen-bond donors (Lipinski definition) is 0. The van der Waals surface area contributed by atoms with Crippen LogP contribution in [0.3, 0.4) is 0 Å². The monoisotopic (exact) mass is 228 g/mol. The minimum absolute atomic E-state index is 0.815. The highest BCUT2D eigenvalue weighted by atomic mass is 16.7. The Hall–Kier alpha value is -0.680. The van der Waals surface area contributed by atoms with Crippen molar-refractivity contribution in [3.8, 4) is 0 Å². The number of methoxy groups -OCH3 is 4. The van der Waals surface area contributed by atoms with Crippen LogP contribution in [0.25, 0.3) is 0 Å². The minimum Gasteiger partial charge on any atom is -0.346 e. The summed E-state index contributed by atoms with van der Waals surface area (Å²) in [5.41, 5.74) is 1.87. The SMILES string of the molecule is COC1(OC)C=CC(OC)(OC)C(C)=C1C. The Bertz CT molecular complexity index is 279. The molecule has 0 aromatic heterocycles. The summed E-state index contributed by atoms with van der Waals surface area (Å²) in [6, 6.07) is 0. The van der Waals surface area contributed by atoms with Crippen LogP contribution in [-0.2, 0) is 18.9 Å². The van der Waals surface area contributed by atoms with Gasteiger partial charge in [0.2, 0.25) is 11.6 Å². The normalized spacial score (nSPS) is 22.6. The summed E-state index contributed by atoms with van der Waals surface area (Å²) in [4.78, 5) is 0. The van der Waals surface area contributed by atoms with Gasteiger partial charge in [-0.3, -0.25) is 0 Å². The molecule has 1 aliphatic rings. The van der Waals surface area contributed by atoms with Gasteiger partial charge in [0.05, 0.1) is 0 Å². The van der Waals surface area contributed by atoms with Crippen molar-refractivity contribution >= 4 is 0 Å². The molecule has 0 N–H and O–H groups in total. The second kappa shape index (κ2) is 4.67. The molecule has 0 unspecified atom stereocenters. The first kappa shape index (κ1) is 13.4. The van der Waals surface area contributed by atoms with E-state index in [4.69, 9.17) is 18.9 Å². The van der Waals surface area contributed by atoms with Gasteiger partial charge in [-0.2, -0.15) is 0 Å². The minimum atomic E-state index is -0.815. The molecule has 0 spiro atoms. The maximum atomic E-state index is 5.41. The largest absolute Gasteiger partial charge is 0.346 e. The van der Waals surface area contributed by atoms with Gasteiger partial charge in [-0.1, -0.05) is 0 Å². The fraction of sp³-hybridized carbons (Fsp3) is 0.667. The summed E-state index contributed by atoms with van der Waals surface area (Å²) >= 11 is 0. The maximum Gasteiger partial charge on any atom is 0.210 e. The number of ether oxygens (including phenoxy) is 4. The summed E-state index contributed by atoms with van der Waals surface area (Å²) in [5.74, 6) is -1.63. The van der Waals surface area contributed by atoms with E-state index in [1.165, 1.54) is 0 Å². The fourth-order valence-electron chi connectivity index (χ4n) is 2.04. The quantitative estimate of drug-likeness (QED) is 0.544. The molecule has 0 saturated heterocycles. The standard InChI is InChI=1S/C12H20O4/c1-9-10(2)12(15-5,16-6)8-7-11(9,13-3)14-4/h7-8H,1-6H3. The summed E-state index contributed by atoms with van der Waals surface area (Å²) in [6.07, 6.45) is 3.62. The van der Waals surface area contributed by atoms with Gasteiger partial charge < -0.3 is 18.9 Å². The topological polar surface area (TPSA) is 36.9 Å². The van der Waals surface area contributed by atoms with Gasteiger partial charge in [0.15, 0.2) is 0 Å². The van der Waals surface area contributed by atoms with Crippen LogP contribution < -0.4 is 0 Å². The Balaban J connectivity index is 3.25. The van der Waals surface area contributed by atoms with E-state index in [9.17, 15) is 0 Å². The molecule has 4 heteroatoms. The van der Waals surface area contributed by atoms with E-state index < -0.39 is 11.6 Å². The first-order valence-electron chi connectivity index (χ1n) is 5.11. The van der Waals surface area contributed by atoms with Gasteiger partial charge in [-0.05, 0) is 37.1 Å². The van der Waals surface area contributed by atoms with Crippen molar-refractivity contribution in [2.45, 2.75) is 25.4 Å². The third-order valence-corrected chi connectivity index (χ3v) is 3.34. The summed E-state index contributed by atoms with van der Waals surface area (Å²) < 4.78 is 21.7. The Morgan fingerprint density at radius 3 is 1.12 bits per heavy atom. The van der Waals surface area contributed by atoms with Crippen LogP contribution in [0.15, 0.2) is 23.3 Å². The van der Waals surface area contributed by atoms with E-state index in [-0.39, 0.29) is 0 Å². The maximum absolute atomic E-state index is 5.41. The van der Waals surface area contributed by atoms with E-state index in [2.05, 4.69) is 0 Å². The lowest BCUT2D eigenvalue weighted by molar-refractivity contribution is -0.172. The van der Waals surface area contributed by atoms with Gasteiger partial charge in [0.1, 0.15) is 0 Å². The molecule has 0 saturated carbocycles. The Kier molecular flexibility index (Phi) is 3.91. The molecule has 0 radical (unpaired) electrons. The van der Waals surface area contributed by atoms with Crippen LogP contribution in [-0.4, -0.2) is 40.0 Å². The predicted molar refractivity (Wildman–Crippen MR) is 61.0 cm³/mol. The van der Waals surface area contributed by atoms with E-state index in [1.54, 1.807) is 28.4 Å². The summed E-state index contributed by atoms with van der Waals surface area (Å²) in [7, 11) is 6.43. The molecule has 4 nitrogen and oxygen atoms in total. The van der Waals surface area contributed by atoms with E-state index in [0.717, 1.165) is 11.1 Å². The highest BCUT2D eigenvalue weighted by molar-refractivity contribution is 5.37. The molecule has 0 aliphatic heterocycles. The number of rotatable bonds is 4. The first-order chi connectivity index (χ1) is 7.52. The first-order valence-corrected chi connectivity index (χ1v) is 5.11. The number of hydrogen-bond acceptors (Lipinski definition) is 4. The van der Waals surface area contributed by atoms with Crippen molar-refractivity contribution in [1.29, 1.82) is 0 Å². The van der Waals surface area contributed by atoms with Gasteiger partial charge >= 0.3 is 0 Å². The van der Waals surface area contributed by atoms with Gasteiger partial charge in [0, 0.05) is 28.4 Å². The Morgan fingerprint density at radius 2 is 0.938 bits per heavy atom. The molecule has 16 heavy (non-hydrogen) atoms. The summed E-state index contributed by atoms with van der Waals surface area (Å²) in [5, 5.41) is 0. The van der Waals surface area contributed by atoms with Crippen LogP contribution in [0.4, 0.5) is 0 Å². The average molecular weight is 228 g/mol. The molecule has 0 aromatic carbocycles. The zero-order valence-electron chi connectivity index (χ0n) is 10.8. The second-order valence-electron chi connectivity index (χ2n) is 3.73. The third-order valence-electron chi connectivity index (χ3n) is 3.34. The van der Waals surface area contributed by atoms with E-state index in [1.807, 2.05) is 26.0 Å². The third kappa shape index (κ3) is 1.72. The van der Waals surface area contributed by atoms with Crippen molar-refractivity contribution in [2.24, 2.45) is 0 Å². The Morgan fingerprint density at radius 1 is 0.688 bits per heavy atom. The van der Waals surface area contributed by atoms with Crippen LogP contribution in [0.2, 0.25) is 0 Å². The molecular weight excluding hydrogens is 208 g/mol. The predicted octanol–water partition coefficient (Wildman–Crippen LogP) is 1.87. The van der Waals surface area contributed by atoms with Crippen molar-refractivity contribution in [2.75, 3.05) is 28.4 Å². The van der Waals surface area contributed by atoms with Crippen molar-refractivity contribution in [3.05, 3.63) is 23.3 Å². The molecule has 0 atom stereocenters. The lowest BCUT2D eigenvalue weighted by Crippen LogP contribution is -2.44. The van der Waals surface area contributed by atoms with Crippen LogP contribution >= 0.6 is 0 Å². The molecule has 0 amide bonds. The fourth-order valence-corrected chi connectivity index (χ4v) is 2.04. The zero-order chi connectivity index (χ0) is 12.4. The molecule has 1 rings (SSSR count). The molecule has 0 fully saturated rings. The highest BCUT2D eigenvalue weighted by Crippen LogP contribution is 2.38. The van der Waals surface area contributed by atoms with Crippen LogP contribution in [0.5, 0.6) is 0 Å². The van der Waals surface area contributed by atoms with E-state index in [0.29, 0.717) is 0 Å². The van der Waals surface area contributed by atoms with Crippen LogP contribution in [0, 0.1) is 0 Å². The van der Waals surface area contributed by atoms with Crippen molar-refractivity contribution in [3.63, 3.8) is 0 Å². The van der Waals surface area contributed by atoms with E-state index >= 15 is 0 Å². The molecule has 92 valence electrons. The lowest BCUT2D eigenvalue weighted by atomic mass is 9.89. The zero-order valence-corrected chi connectivity index (χ0v) is 10.8. The second-order valence-corrected chi connectivity index (χ2v) is 3.73. The van der Waals surface area contributed by atoms with Gasteiger partial charge in [-0.25, -0.2) is 0 Å². The lowest BCUT2D eigenvalue weighted by Gasteiger charge is -2.40. The molecule has 1 aliphatic carbocycles. The molecule has 0 aromatic rings. The van der Waals surface area contributed by atoms with Crippen molar-refractivity contribution < 1.29 is 18.9 Å². The molecular formula is C12H20O4. The Labute approximate surface area is 96.8 Å². The molecule has 0 bridgehead atoms. The van der Waals surface area contributed by atoms with Gasteiger partial charge in [-0.15, -0.1) is 0 Å². The summed E-state index contributed by atoms with van der Waals surface area (Å²) in [6.45, 7) is 3.89. The van der Waals surface area contributed by atoms with Crippen LogP contribution in [0.1, 0.15) is 13.8 Å². The molecule has 0 heterocycles. The van der Waals surface area contributed by atoms with Gasteiger partial charge in [0.25, 0.3) is 0 Å². The highest BCUT2D eigenvalue weighted by Gasteiger charge is 2.42.